The fourth-order valence-corrected chi connectivity index (χ4v) is 1.52. The highest BCUT2D eigenvalue weighted by atomic mass is 19.1. The first kappa shape index (κ1) is 9.90. The molecule has 0 aliphatic heterocycles. The Hall–Kier alpha value is -1.64. The topological polar surface area (TPSA) is 32.9 Å². The summed E-state index contributed by atoms with van der Waals surface area (Å²) < 4.78 is 13.4. The molecular weight excluding hydrogens is 193 g/mol. The first-order valence-electron chi connectivity index (χ1n) is 4.80. The second-order valence-electron chi connectivity index (χ2n) is 4.07. The third-order valence-corrected chi connectivity index (χ3v) is 2.31. The highest BCUT2D eigenvalue weighted by molar-refractivity contribution is 6.03. The lowest BCUT2D eigenvalue weighted by atomic mass is 10.0. The number of fused-ring (bicyclic) bond motifs is 1. The number of Topliss-reactive ketones (excluding diaryl/α,β-unsaturated/α-hetero) is 1. The summed E-state index contributed by atoms with van der Waals surface area (Å²) in [7, 11) is 0. The number of aromatic nitrogens is 1. The van der Waals surface area contributed by atoms with E-state index in [1.54, 1.807) is 6.07 Å². The summed E-state index contributed by atoms with van der Waals surface area (Å²) in [5.41, 5.74) is -0.658. The van der Waals surface area contributed by atoms with Crippen LogP contribution in [0.15, 0.2) is 30.3 Å². The van der Waals surface area contributed by atoms with Gasteiger partial charge in [0.05, 0.1) is 5.69 Å². The first-order valence-corrected chi connectivity index (χ1v) is 4.80. The smallest absolute Gasteiger partial charge is 0.215 e. The van der Waals surface area contributed by atoms with E-state index in [9.17, 15) is 9.18 Å². The van der Waals surface area contributed by atoms with Crippen LogP contribution in [0.4, 0.5) is 4.39 Å². The molecule has 0 aliphatic rings. The number of nitrogens with one attached hydrogen (secondary N) is 1. The van der Waals surface area contributed by atoms with Gasteiger partial charge in [-0.2, -0.15) is 0 Å². The Bertz CT molecular complexity index is 475. The molecule has 0 unspecified atom stereocenters. The van der Waals surface area contributed by atoms with Gasteiger partial charge in [0, 0.05) is 10.9 Å². The number of halogens is 1. The highest BCUT2D eigenvalue weighted by Crippen LogP contribution is 2.20. The van der Waals surface area contributed by atoms with Gasteiger partial charge in [-0.25, -0.2) is 4.39 Å². The van der Waals surface area contributed by atoms with Crippen LogP contribution in [0.2, 0.25) is 0 Å². The van der Waals surface area contributed by atoms with Crippen molar-refractivity contribution in [2.75, 3.05) is 0 Å². The van der Waals surface area contributed by atoms with Crippen molar-refractivity contribution in [1.29, 1.82) is 0 Å². The number of H-pyrrole nitrogens is 1. The van der Waals surface area contributed by atoms with Gasteiger partial charge >= 0.3 is 0 Å². The van der Waals surface area contributed by atoms with Crippen LogP contribution < -0.4 is 0 Å². The van der Waals surface area contributed by atoms with Crippen molar-refractivity contribution in [1.82, 2.24) is 4.98 Å². The van der Waals surface area contributed by atoms with Gasteiger partial charge in [-0.15, -0.1) is 0 Å². The van der Waals surface area contributed by atoms with Gasteiger partial charge in [0.25, 0.3) is 0 Å². The molecule has 78 valence electrons. The van der Waals surface area contributed by atoms with Gasteiger partial charge in [0.2, 0.25) is 5.78 Å². The van der Waals surface area contributed by atoms with Gasteiger partial charge in [-0.3, -0.25) is 4.79 Å². The number of alkyl halides is 1. The average Bonchev–Trinajstić information content (AvgIpc) is 2.58. The lowest BCUT2D eigenvalue weighted by Crippen LogP contribution is -2.26. The van der Waals surface area contributed by atoms with Gasteiger partial charge < -0.3 is 4.98 Å². The van der Waals surface area contributed by atoms with E-state index in [1.807, 2.05) is 24.3 Å². The second-order valence-corrected chi connectivity index (χ2v) is 4.07. The minimum atomic E-state index is -1.83. The van der Waals surface area contributed by atoms with Crippen LogP contribution in [0.3, 0.4) is 0 Å². The van der Waals surface area contributed by atoms with Crippen LogP contribution in [-0.2, 0) is 0 Å². The van der Waals surface area contributed by atoms with E-state index in [4.69, 9.17) is 0 Å². The highest BCUT2D eigenvalue weighted by Gasteiger charge is 2.28. The lowest BCUT2D eigenvalue weighted by Gasteiger charge is -2.10. The Kier molecular flexibility index (Phi) is 2.11. The molecule has 0 bridgehead atoms. The predicted octanol–water partition coefficient (Wildman–Crippen LogP) is 3.10. The largest absolute Gasteiger partial charge is 0.352 e. The maximum absolute atomic E-state index is 13.4. The Morgan fingerprint density at radius 2 is 2.00 bits per heavy atom. The fourth-order valence-electron chi connectivity index (χ4n) is 1.52. The summed E-state index contributed by atoms with van der Waals surface area (Å²) in [6, 6.07) is 9.17. The molecule has 0 aliphatic carbocycles. The third kappa shape index (κ3) is 1.77. The summed E-state index contributed by atoms with van der Waals surface area (Å²) in [6.45, 7) is 2.53. The van der Waals surface area contributed by atoms with E-state index < -0.39 is 11.5 Å². The van der Waals surface area contributed by atoms with E-state index in [-0.39, 0.29) is 0 Å². The fraction of sp³-hybridized carbons (Fsp3) is 0.250. The molecule has 1 aromatic carbocycles. The number of hydrogen-bond donors (Lipinski definition) is 1. The zero-order valence-electron chi connectivity index (χ0n) is 8.67. The van der Waals surface area contributed by atoms with Gasteiger partial charge in [0.1, 0.15) is 0 Å². The van der Waals surface area contributed by atoms with Crippen LogP contribution in [0.1, 0.15) is 24.3 Å². The molecule has 1 aromatic heterocycles. The van der Waals surface area contributed by atoms with Gasteiger partial charge in [-0.1, -0.05) is 18.2 Å². The Morgan fingerprint density at radius 1 is 1.33 bits per heavy atom. The number of rotatable bonds is 2. The first-order chi connectivity index (χ1) is 6.98. The maximum atomic E-state index is 13.4. The van der Waals surface area contributed by atoms with Gasteiger partial charge in [0.15, 0.2) is 5.67 Å². The van der Waals surface area contributed by atoms with Crippen molar-refractivity contribution in [3.05, 3.63) is 36.0 Å². The molecule has 1 heterocycles. The van der Waals surface area contributed by atoms with Crippen molar-refractivity contribution in [3.8, 4) is 0 Å². The Labute approximate surface area is 87.1 Å². The number of para-hydroxylation sites is 1. The zero-order valence-corrected chi connectivity index (χ0v) is 8.67. The number of hydrogen-bond acceptors (Lipinski definition) is 1. The summed E-state index contributed by atoms with van der Waals surface area (Å²) >= 11 is 0. The average molecular weight is 205 g/mol. The van der Waals surface area contributed by atoms with Crippen LogP contribution in [0.25, 0.3) is 10.9 Å². The quantitative estimate of drug-likeness (QED) is 0.751. The molecule has 0 amide bonds. The molecule has 0 saturated heterocycles. The molecule has 0 radical (unpaired) electrons. The number of benzene rings is 1. The van der Waals surface area contributed by atoms with Gasteiger partial charge in [-0.05, 0) is 26.0 Å². The molecule has 2 rings (SSSR count). The summed E-state index contributed by atoms with van der Waals surface area (Å²) in [6.07, 6.45) is 0. The molecule has 0 saturated carbocycles. The molecule has 15 heavy (non-hydrogen) atoms. The minimum Gasteiger partial charge on any atom is -0.352 e. The molecular formula is C12H12FNO. The van der Waals surface area contributed by atoms with E-state index >= 15 is 0 Å². The normalized spacial score (nSPS) is 11.9. The number of aromatic amines is 1. The van der Waals surface area contributed by atoms with Crippen molar-refractivity contribution < 1.29 is 9.18 Å². The molecule has 3 heteroatoms. The molecule has 0 atom stereocenters. The molecule has 2 nitrogen and oxygen atoms in total. The van der Waals surface area contributed by atoms with E-state index in [1.165, 1.54) is 13.8 Å². The molecule has 2 aromatic rings. The zero-order chi connectivity index (χ0) is 11.1. The van der Waals surface area contributed by atoms with Crippen molar-refractivity contribution >= 4 is 16.7 Å². The standard InChI is InChI=1S/C12H12FNO/c1-12(2,13)11(15)10-7-8-5-3-4-6-9(8)14-10/h3-7,14H,1-2H3. The van der Waals surface area contributed by atoms with Crippen LogP contribution in [-0.4, -0.2) is 16.4 Å². The predicted molar refractivity (Wildman–Crippen MR) is 57.8 cm³/mol. The van der Waals surface area contributed by atoms with Crippen molar-refractivity contribution in [2.45, 2.75) is 19.5 Å². The number of carbonyl (C=O) groups excluding carboxylic acids is 1. The third-order valence-electron chi connectivity index (χ3n) is 2.31. The van der Waals surface area contributed by atoms with Crippen LogP contribution in [0.5, 0.6) is 0 Å². The molecule has 0 fully saturated rings. The van der Waals surface area contributed by atoms with E-state index in [2.05, 4.69) is 4.98 Å². The van der Waals surface area contributed by atoms with Crippen LogP contribution in [0, 0.1) is 0 Å². The monoisotopic (exact) mass is 205 g/mol. The lowest BCUT2D eigenvalue weighted by molar-refractivity contribution is 0.0755. The van der Waals surface area contributed by atoms with E-state index in [0.717, 1.165) is 10.9 Å². The maximum Gasteiger partial charge on any atom is 0.215 e. The Balaban J connectivity index is 2.50. The Morgan fingerprint density at radius 3 is 2.60 bits per heavy atom. The molecule has 1 N–H and O–H groups in total. The van der Waals surface area contributed by atoms with Crippen molar-refractivity contribution in [2.24, 2.45) is 0 Å². The summed E-state index contributed by atoms with van der Waals surface area (Å²) in [4.78, 5) is 14.5. The number of carbonyl (C=O) groups is 1. The molecule has 0 spiro atoms. The SMILES string of the molecule is CC(C)(F)C(=O)c1cc2ccccc2[nH]1. The van der Waals surface area contributed by atoms with E-state index in [0.29, 0.717) is 5.69 Å². The van der Waals surface area contributed by atoms with Crippen LogP contribution >= 0.6 is 0 Å². The number of ketones is 1. The summed E-state index contributed by atoms with van der Waals surface area (Å²) in [5.74, 6) is -0.515. The summed E-state index contributed by atoms with van der Waals surface area (Å²) in [5, 5.41) is 0.921. The van der Waals surface area contributed by atoms with Crippen molar-refractivity contribution in [3.63, 3.8) is 0 Å². The second kappa shape index (κ2) is 3.19. The minimum absolute atomic E-state index is 0.323.